The molecule has 0 amide bonds. The summed E-state index contributed by atoms with van der Waals surface area (Å²) >= 11 is 0. The molecule has 5 rings (SSSR count). The van der Waals surface area contributed by atoms with Crippen molar-refractivity contribution in [2.45, 2.75) is 37.3 Å². The predicted octanol–water partition coefficient (Wildman–Crippen LogP) is 2.55. The van der Waals surface area contributed by atoms with E-state index in [0.29, 0.717) is 19.5 Å². The Labute approximate surface area is 159 Å². The van der Waals surface area contributed by atoms with Gasteiger partial charge in [0.15, 0.2) is 0 Å². The molecule has 27 heavy (non-hydrogen) atoms. The van der Waals surface area contributed by atoms with Crippen LogP contribution in [0, 0.1) is 17.0 Å². The highest BCUT2D eigenvalue weighted by atomic mass is 16.6. The first-order chi connectivity index (χ1) is 13.0. The van der Waals surface area contributed by atoms with Crippen LogP contribution in [0.25, 0.3) is 0 Å². The lowest BCUT2D eigenvalue weighted by atomic mass is 9.56. The molecule has 3 heterocycles. The number of piperidine rings is 1. The van der Waals surface area contributed by atoms with Gasteiger partial charge in [-0.05, 0) is 18.6 Å². The van der Waals surface area contributed by atoms with Gasteiger partial charge in [0, 0.05) is 43.2 Å². The monoisotopic (exact) mass is 370 g/mol. The van der Waals surface area contributed by atoms with Gasteiger partial charge in [0.2, 0.25) is 0 Å². The molecule has 4 aliphatic rings. The first kappa shape index (κ1) is 17.2. The zero-order chi connectivity index (χ0) is 19.0. The Morgan fingerprint density at radius 1 is 1.33 bits per heavy atom. The van der Waals surface area contributed by atoms with Crippen LogP contribution < -0.4 is 5.32 Å². The van der Waals surface area contributed by atoms with Crippen LogP contribution in [0.3, 0.4) is 0 Å². The summed E-state index contributed by atoms with van der Waals surface area (Å²) in [5.41, 5.74) is 3.36. The van der Waals surface area contributed by atoms with Crippen molar-refractivity contribution in [2.75, 3.05) is 32.6 Å². The van der Waals surface area contributed by atoms with E-state index in [2.05, 4.69) is 11.4 Å². The van der Waals surface area contributed by atoms with Gasteiger partial charge in [-0.1, -0.05) is 18.2 Å². The molecule has 0 saturated carbocycles. The van der Waals surface area contributed by atoms with Crippen LogP contribution >= 0.6 is 0 Å². The molecule has 1 aromatic rings. The number of methoxy groups -OCH3 is 2. The number of carbonyl (C=O) groups is 1. The molecule has 3 aliphatic heterocycles. The maximum Gasteiger partial charge on any atom is 0.335 e. The van der Waals surface area contributed by atoms with Gasteiger partial charge in [0.1, 0.15) is 6.04 Å². The lowest BCUT2D eigenvalue weighted by Crippen LogP contribution is -2.66. The van der Waals surface area contributed by atoms with E-state index in [0.717, 1.165) is 28.9 Å². The highest BCUT2D eigenvalue weighted by molar-refractivity contribution is 5.93. The van der Waals surface area contributed by atoms with Crippen molar-refractivity contribution in [1.29, 1.82) is 0 Å². The van der Waals surface area contributed by atoms with E-state index in [9.17, 15) is 10.0 Å². The van der Waals surface area contributed by atoms with Crippen LogP contribution in [0.15, 0.2) is 35.5 Å². The number of hydrogen-bond donors (Lipinski definition) is 1. The smallest absolute Gasteiger partial charge is 0.335 e. The number of carbonyl (C=O) groups excluding carboxylic acids is 1. The largest absolute Gasteiger partial charge is 0.633 e. The zero-order valence-electron chi connectivity index (χ0n) is 16.0. The molecular formula is C21H26N2O4. The van der Waals surface area contributed by atoms with Gasteiger partial charge >= 0.3 is 5.97 Å². The molecule has 2 bridgehead atoms. The van der Waals surface area contributed by atoms with Gasteiger partial charge in [0.25, 0.3) is 0 Å². The SMILES string of the molecule is COC(=O)C1=C2Nc3ccccc3[C@]23CC[N+]2([O-])CC[C@H]1[C@@H]([C@@H](C)OC)[C@H]32. The minimum Gasteiger partial charge on any atom is -0.633 e. The normalized spacial score (nSPS) is 39.5. The van der Waals surface area contributed by atoms with Crippen molar-refractivity contribution >= 4 is 11.7 Å². The second kappa shape index (κ2) is 5.56. The standard InChI is InChI=1S/C21H26N2O4/c1-12(26-2)16-13-8-10-23(25)11-9-21(19(16)23)14-6-4-5-7-15(14)22-18(21)17(13)20(24)27-3/h4-7,12-13,16,19,22H,8-11H2,1-3H3/t12-,13+,16-,19-,21-,23?/m1/s1. The molecule has 6 atom stereocenters. The number of nitrogens with zero attached hydrogens (tertiary/aromatic N) is 1. The Kier molecular flexibility index (Phi) is 3.55. The fourth-order valence-electron chi connectivity index (χ4n) is 6.58. The van der Waals surface area contributed by atoms with E-state index in [1.165, 1.54) is 7.11 Å². The van der Waals surface area contributed by atoms with Crippen molar-refractivity contribution in [3.8, 4) is 0 Å². The van der Waals surface area contributed by atoms with Crippen LogP contribution in [0.4, 0.5) is 5.69 Å². The number of esters is 1. The molecule has 144 valence electrons. The van der Waals surface area contributed by atoms with E-state index in [1.807, 2.05) is 25.1 Å². The molecule has 1 N–H and O–H groups in total. The molecule has 2 saturated heterocycles. The number of nitrogens with one attached hydrogen (secondary N) is 1. The average molecular weight is 370 g/mol. The molecule has 0 radical (unpaired) electrons. The number of benzene rings is 1. The van der Waals surface area contributed by atoms with Gasteiger partial charge in [-0.15, -0.1) is 0 Å². The quantitative estimate of drug-likeness (QED) is 0.503. The van der Waals surface area contributed by atoms with Gasteiger partial charge in [0.05, 0.1) is 37.3 Å². The second-order valence-corrected chi connectivity index (χ2v) is 8.43. The zero-order valence-corrected chi connectivity index (χ0v) is 16.0. The number of ether oxygens (including phenoxy) is 2. The minimum absolute atomic E-state index is 0.00504. The Bertz CT molecular complexity index is 852. The van der Waals surface area contributed by atoms with Crippen LogP contribution in [0.2, 0.25) is 0 Å². The van der Waals surface area contributed by atoms with E-state index >= 15 is 0 Å². The Morgan fingerprint density at radius 3 is 2.85 bits per heavy atom. The predicted molar refractivity (Wildman–Crippen MR) is 101 cm³/mol. The number of rotatable bonds is 3. The Morgan fingerprint density at radius 2 is 2.11 bits per heavy atom. The van der Waals surface area contributed by atoms with E-state index < -0.39 is 5.41 Å². The van der Waals surface area contributed by atoms with Crippen LogP contribution in [-0.4, -0.2) is 50.1 Å². The lowest BCUT2D eigenvalue weighted by Gasteiger charge is -2.59. The fraction of sp³-hybridized carbons (Fsp3) is 0.571. The molecule has 6 heteroatoms. The summed E-state index contributed by atoms with van der Waals surface area (Å²) in [5.74, 6) is -0.297. The molecule has 1 spiro atoms. The Hall–Kier alpha value is -1.89. The third-order valence-corrected chi connectivity index (χ3v) is 7.62. The van der Waals surface area contributed by atoms with Crippen molar-refractivity contribution in [3.05, 3.63) is 46.3 Å². The third kappa shape index (κ3) is 1.93. The molecule has 1 aromatic carbocycles. The highest BCUT2D eigenvalue weighted by Crippen LogP contribution is 2.64. The van der Waals surface area contributed by atoms with Gasteiger partial charge in [-0.3, -0.25) is 0 Å². The van der Waals surface area contributed by atoms with E-state index in [1.54, 1.807) is 7.11 Å². The number of anilines is 1. The summed E-state index contributed by atoms with van der Waals surface area (Å²) in [6, 6.07) is 8.04. The fourth-order valence-corrected chi connectivity index (χ4v) is 6.58. The number of para-hydroxylation sites is 1. The first-order valence-electron chi connectivity index (χ1n) is 9.78. The number of quaternary nitrogens is 1. The lowest BCUT2D eigenvalue weighted by molar-refractivity contribution is -0.906. The number of hydrogen-bond acceptors (Lipinski definition) is 5. The maximum atomic E-state index is 13.9. The maximum absolute atomic E-state index is 13.9. The number of fused-ring (bicyclic) bond motifs is 2. The molecule has 1 unspecified atom stereocenters. The average Bonchev–Trinajstić information content (AvgIpc) is 3.20. The van der Waals surface area contributed by atoms with E-state index in [4.69, 9.17) is 9.47 Å². The third-order valence-electron chi connectivity index (χ3n) is 7.62. The summed E-state index contributed by atoms with van der Waals surface area (Å²) in [6.07, 6.45) is 1.34. The van der Waals surface area contributed by atoms with Crippen LogP contribution in [0.1, 0.15) is 25.3 Å². The summed E-state index contributed by atoms with van der Waals surface area (Å²) < 4.78 is 10.8. The second-order valence-electron chi connectivity index (χ2n) is 8.43. The summed E-state index contributed by atoms with van der Waals surface area (Å²) in [5, 5.41) is 17.4. The van der Waals surface area contributed by atoms with Crippen LogP contribution in [-0.2, 0) is 19.7 Å². The molecule has 0 aromatic heterocycles. The molecule has 6 nitrogen and oxygen atoms in total. The van der Waals surface area contributed by atoms with Gasteiger partial charge in [-0.2, -0.15) is 0 Å². The number of hydroxylamine groups is 3. The highest BCUT2D eigenvalue weighted by Gasteiger charge is 2.70. The summed E-state index contributed by atoms with van der Waals surface area (Å²) in [6.45, 7) is 3.17. The summed E-state index contributed by atoms with van der Waals surface area (Å²) in [7, 11) is 3.14. The van der Waals surface area contributed by atoms with Crippen molar-refractivity contribution in [1.82, 2.24) is 0 Å². The molecule has 2 fully saturated rings. The molecular weight excluding hydrogens is 344 g/mol. The van der Waals surface area contributed by atoms with Crippen LogP contribution in [0.5, 0.6) is 0 Å². The molecule has 1 aliphatic carbocycles. The van der Waals surface area contributed by atoms with Gasteiger partial charge < -0.3 is 24.6 Å². The van der Waals surface area contributed by atoms with Crippen molar-refractivity contribution in [3.63, 3.8) is 0 Å². The topological polar surface area (TPSA) is 70.6 Å². The Balaban J connectivity index is 1.84. The van der Waals surface area contributed by atoms with Crippen molar-refractivity contribution in [2.24, 2.45) is 11.8 Å². The minimum atomic E-state index is -0.448. The van der Waals surface area contributed by atoms with Gasteiger partial charge in [-0.25, -0.2) is 4.79 Å². The first-order valence-corrected chi connectivity index (χ1v) is 9.78. The van der Waals surface area contributed by atoms with Crippen molar-refractivity contribution < 1.29 is 18.9 Å². The van der Waals surface area contributed by atoms with E-state index in [-0.39, 0.29) is 34.6 Å². The summed E-state index contributed by atoms with van der Waals surface area (Å²) in [4.78, 5) is 12.9.